The molecule has 0 heterocycles. The van der Waals surface area contributed by atoms with Crippen LogP contribution in [0.3, 0.4) is 0 Å². The number of halogens is 1. The van der Waals surface area contributed by atoms with E-state index >= 15 is 0 Å². The number of benzene rings is 2. The highest BCUT2D eigenvalue weighted by molar-refractivity contribution is 14.1. The van der Waals surface area contributed by atoms with Crippen LogP contribution in [0.2, 0.25) is 0 Å². The van der Waals surface area contributed by atoms with E-state index in [1.165, 1.54) is 0 Å². The van der Waals surface area contributed by atoms with E-state index in [9.17, 15) is 4.79 Å². The van der Waals surface area contributed by atoms with Gasteiger partial charge in [-0.05, 0) is 52.9 Å². The van der Waals surface area contributed by atoms with Gasteiger partial charge in [0.2, 0.25) is 0 Å². The molecular weight excluding hydrogens is 367 g/mol. The number of nitrogens with one attached hydrogen (secondary N) is 1. The first-order chi connectivity index (χ1) is 9.66. The van der Waals surface area contributed by atoms with E-state index < -0.39 is 0 Å². The molecule has 104 valence electrons. The van der Waals surface area contributed by atoms with E-state index in [2.05, 4.69) is 27.9 Å². The number of hydrogen-bond acceptors (Lipinski definition) is 3. The fraction of sp³-hybridized carbons (Fsp3) is 0.133. The lowest BCUT2D eigenvalue weighted by molar-refractivity contribution is 0.0947. The molecule has 4 nitrogen and oxygen atoms in total. The van der Waals surface area contributed by atoms with E-state index in [4.69, 9.17) is 10.5 Å². The molecule has 0 atom stereocenters. The molecule has 0 bridgehead atoms. The number of carbonyl (C=O) groups excluding carboxylic acids is 1. The van der Waals surface area contributed by atoms with Crippen LogP contribution in [0.25, 0.3) is 0 Å². The zero-order chi connectivity index (χ0) is 14.4. The van der Waals surface area contributed by atoms with E-state index in [0.29, 0.717) is 30.2 Å². The van der Waals surface area contributed by atoms with Crippen LogP contribution in [0.1, 0.15) is 10.4 Å². The molecule has 0 saturated carbocycles. The lowest BCUT2D eigenvalue weighted by atomic mass is 10.2. The summed E-state index contributed by atoms with van der Waals surface area (Å²) in [5.41, 5.74) is 7.00. The monoisotopic (exact) mass is 382 g/mol. The molecule has 1 amide bonds. The fourth-order valence-electron chi connectivity index (χ4n) is 1.67. The van der Waals surface area contributed by atoms with Gasteiger partial charge >= 0.3 is 0 Å². The van der Waals surface area contributed by atoms with Crippen LogP contribution in [-0.2, 0) is 0 Å². The van der Waals surface area contributed by atoms with E-state index in [0.717, 1.165) is 3.57 Å². The Morgan fingerprint density at radius 1 is 1.20 bits per heavy atom. The van der Waals surface area contributed by atoms with Crippen molar-refractivity contribution in [3.63, 3.8) is 0 Å². The van der Waals surface area contributed by atoms with Crippen molar-refractivity contribution in [2.45, 2.75) is 0 Å². The van der Waals surface area contributed by atoms with Crippen LogP contribution in [-0.4, -0.2) is 19.1 Å². The lowest BCUT2D eigenvalue weighted by Gasteiger charge is -2.09. The van der Waals surface area contributed by atoms with Crippen LogP contribution in [0.15, 0.2) is 48.5 Å². The van der Waals surface area contributed by atoms with Crippen LogP contribution < -0.4 is 15.8 Å². The van der Waals surface area contributed by atoms with Crippen molar-refractivity contribution in [3.05, 3.63) is 57.7 Å². The minimum atomic E-state index is -0.104. The largest absolute Gasteiger partial charge is 0.490 e. The Balaban J connectivity index is 1.79. The summed E-state index contributed by atoms with van der Waals surface area (Å²) >= 11 is 2.18. The van der Waals surface area contributed by atoms with Crippen LogP contribution in [0, 0.1) is 3.57 Å². The second kappa shape index (κ2) is 7.14. The highest BCUT2D eigenvalue weighted by Crippen LogP contribution is 2.19. The van der Waals surface area contributed by atoms with E-state index in [1.807, 2.05) is 30.3 Å². The van der Waals surface area contributed by atoms with E-state index in [1.54, 1.807) is 18.2 Å². The van der Waals surface area contributed by atoms with Crippen LogP contribution >= 0.6 is 22.6 Å². The molecule has 0 spiro atoms. The number of anilines is 1. The van der Waals surface area contributed by atoms with Gasteiger partial charge in [0.25, 0.3) is 5.91 Å². The van der Waals surface area contributed by atoms with Gasteiger partial charge in [0.15, 0.2) is 0 Å². The number of nitrogen functional groups attached to an aromatic ring is 1. The Bertz CT molecular complexity index is 602. The first kappa shape index (κ1) is 14.6. The van der Waals surface area contributed by atoms with Gasteiger partial charge in [-0.2, -0.15) is 0 Å². The van der Waals surface area contributed by atoms with Gasteiger partial charge in [-0.15, -0.1) is 0 Å². The number of carbonyl (C=O) groups is 1. The molecule has 0 aliphatic rings. The topological polar surface area (TPSA) is 64.3 Å². The Labute approximate surface area is 131 Å². The van der Waals surface area contributed by atoms with Crippen LogP contribution in [0.4, 0.5) is 5.69 Å². The molecule has 5 heteroatoms. The average molecular weight is 382 g/mol. The molecular formula is C15H15IN2O2. The van der Waals surface area contributed by atoms with Crippen LogP contribution in [0.5, 0.6) is 5.75 Å². The SMILES string of the molecule is Nc1ccccc1OCCNC(=O)c1cccc(I)c1. The Hall–Kier alpha value is -1.76. The summed E-state index contributed by atoms with van der Waals surface area (Å²) in [4.78, 5) is 11.9. The summed E-state index contributed by atoms with van der Waals surface area (Å²) in [5, 5.41) is 2.81. The van der Waals surface area contributed by atoms with Crippen molar-refractivity contribution in [3.8, 4) is 5.75 Å². The van der Waals surface area contributed by atoms with Crippen molar-refractivity contribution in [1.29, 1.82) is 0 Å². The zero-order valence-corrected chi connectivity index (χ0v) is 13.0. The molecule has 0 aliphatic carbocycles. The molecule has 0 fully saturated rings. The third-order valence-electron chi connectivity index (χ3n) is 2.65. The quantitative estimate of drug-likeness (QED) is 0.475. The van der Waals surface area contributed by atoms with Crippen molar-refractivity contribution in [2.24, 2.45) is 0 Å². The van der Waals surface area contributed by atoms with Gasteiger partial charge in [0, 0.05) is 9.13 Å². The van der Waals surface area contributed by atoms with Gasteiger partial charge in [0.05, 0.1) is 12.2 Å². The molecule has 0 aromatic heterocycles. The maximum absolute atomic E-state index is 11.9. The standard InChI is InChI=1S/C15H15IN2O2/c16-12-5-3-4-11(10-12)15(19)18-8-9-20-14-7-2-1-6-13(14)17/h1-7,10H,8-9,17H2,(H,18,19). The second-order valence-electron chi connectivity index (χ2n) is 4.15. The Kier molecular flexibility index (Phi) is 5.23. The number of nitrogens with two attached hydrogens (primary N) is 1. The number of amides is 1. The molecule has 20 heavy (non-hydrogen) atoms. The van der Waals surface area contributed by atoms with Gasteiger partial charge in [-0.1, -0.05) is 18.2 Å². The average Bonchev–Trinajstić information content (AvgIpc) is 2.45. The van der Waals surface area contributed by atoms with Crippen molar-refractivity contribution >= 4 is 34.2 Å². The van der Waals surface area contributed by atoms with E-state index in [-0.39, 0.29) is 5.91 Å². The minimum Gasteiger partial charge on any atom is -0.490 e. The highest BCUT2D eigenvalue weighted by Gasteiger charge is 2.05. The van der Waals surface area contributed by atoms with Crippen molar-refractivity contribution in [2.75, 3.05) is 18.9 Å². The maximum atomic E-state index is 11.9. The smallest absolute Gasteiger partial charge is 0.251 e. The summed E-state index contributed by atoms with van der Waals surface area (Å²) in [6.07, 6.45) is 0. The molecule has 2 aromatic rings. The Morgan fingerprint density at radius 3 is 2.75 bits per heavy atom. The number of para-hydroxylation sites is 2. The third kappa shape index (κ3) is 4.12. The third-order valence-corrected chi connectivity index (χ3v) is 3.32. The summed E-state index contributed by atoms with van der Waals surface area (Å²) in [5.74, 6) is 0.532. The molecule has 2 rings (SSSR count). The predicted molar refractivity (Wildman–Crippen MR) is 87.8 cm³/mol. The normalized spacial score (nSPS) is 10.1. The summed E-state index contributed by atoms with van der Waals surface area (Å²) in [7, 11) is 0. The number of hydrogen-bond donors (Lipinski definition) is 2. The zero-order valence-electron chi connectivity index (χ0n) is 10.8. The maximum Gasteiger partial charge on any atom is 0.251 e. The molecule has 0 saturated heterocycles. The molecule has 0 unspecified atom stereocenters. The second-order valence-corrected chi connectivity index (χ2v) is 5.40. The van der Waals surface area contributed by atoms with Gasteiger partial charge in [-0.3, -0.25) is 4.79 Å². The minimum absolute atomic E-state index is 0.104. The van der Waals surface area contributed by atoms with Crippen molar-refractivity contribution in [1.82, 2.24) is 5.32 Å². The first-order valence-electron chi connectivity index (χ1n) is 6.18. The molecule has 0 aliphatic heterocycles. The molecule has 0 radical (unpaired) electrons. The summed E-state index contributed by atoms with van der Waals surface area (Å²) in [6, 6.07) is 14.7. The lowest BCUT2D eigenvalue weighted by Crippen LogP contribution is -2.28. The van der Waals surface area contributed by atoms with Gasteiger partial charge in [-0.25, -0.2) is 0 Å². The number of rotatable bonds is 5. The first-order valence-corrected chi connectivity index (χ1v) is 7.26. The predicted octanol–water partition coefficient (Wildman–Crippen LogP) is 2.68. The Morgan fingerprint density at radius 2 is 2.00 bits per heavy atom. The van der Waals surface area contributed by atoms with Gasteiger partial charge in [0.1, 0.15) is 12.4 Å². The fourth-order valence-corrected chi connectivity index (χ4v) is 2.21. The summed E-state index contributed by atoms with van der Waals surface area (Å²) in [6.45, 7) is 0.808. The highest BCUT2D eigenvalue weighted by atomic mass is 127. The van der Waals surface area contributed by atoms with Gasteiger partial charge < -0.3 is 15.8 Å². The number of ether oxygens (including phenoxy) is 1. The van der Waals surface area contributed by atoms with Crippen molar-refractivity contribution < 1.29 is 9.53 Å². The molecule has 2 aromatic carbocycles. The summed E-state index contributed by atoms with van der Waals surface area (Å²) < 4.78 is 6.54. The molecule has 3 N–H and O–H groups in total.